The highest BCUT2D eigenvalue weighted by Gasteiger charge is 2.18. The summed E-state index contributed by atoms with van der Waals surface area (Å²) in [4.78, 5) is 24.1. The first kappa shape index (κ1) is 21.5. The first-order valence-electron chi connectivity index (χ1n) is 8.53. The van der Waals surface area contributed by atoms with Gasteiger partial charge in [-0.2, -0.15) is 0 Å². The summed E-state index contributed by atoms with van der Waals surface area (Å²) in [5.41, 5.74) is 0.507. The molecule has 0 fully saturated rings. The second kappa shape index (κ2) is 9.94. The Hall–Kier alpha value is -2.80. The molecule has 0 aliphatic heterocycles. The molecule has 150 valence electrons. The number of hydrogen-bond donors (Lipinski definition) is 1. The van der Waals surface area contributed by atoms with Crippen molar-refractivity contribution in [3.63, 3.8) is 0 Å². The van der Waals surface area contributed by atoms with Gasteiger partial charge in [-0.25, -0.2) is 9.18 Å². The zero-order chi connectivity index (χ0) is 20.7. The largest absolute Gasteiger partial charge is 0.493 e. The SMILES string of the molecule is COc1cc(C(=O)OCC(=O)Nc2ccc(F)cc2)cc(Cl)c1OCC(C)C. The van der Waals surface area contributed by atoms with Crippen LogP contribution in [0.4, 0.5) is 10.1 Å². The molecule has 0 aromatic heterocycles. The molecule has 2 aromatic rings. The van der Waals surface area contributed by atoms with E-state index in [1.165, 1.54) is 43.5 Å². The highest BCUT2D eigenvalue weighted by Crippen LogP contribution is 2.36. The lowest BCUT2D eigenvalue weighted by molar-refractivity contribution is -0.119. The maximum absolute atomic E-state index is 12.9. The van der Waals surface area contributed by atoms with Gasteiger partial charge in [-0.1, -0.05) is 25.4 Å². The Kier molecular flexibility index (Phi) is 7.63. The molecule has 0 heterocycles. The van der Waals surface area contributed by atoms with Gasteiger partial charge in [0.2, 0.25) is 0 Å². The minimum atomic E-state index is -0.745. The molecule has 0 bridgehead atoms. The van der Waals surface area contributed by atoms with Gasteiger partial charge in [0.05, 0.1) is 24.3 Å². The van der Waals surface area contributed by atoms with Gasteiger partial charge in [0, 0.05) is 5.69 Å². The Bertz CT molecular complexity index is 839. The highest BCUT2D eigenvalue weighted by atomic mass is 35.5. The number of nitrogens with one attached hydrogen (secondary N) is 1. The van der Waals surface area contributed by atoms with Crippen LogP contribution in [0.3, 0.4) is 0 Å². The van der Waals surface area contributed by atoms with E-state index in [9.17, 15) is 14.0 Å². The molecule has 2 rings (SSSR count). The zero-order valence-corrected chi connectivity index (χ0v) is 16.5. The van der Waals surface area contributed by atoms with Crippen LogP contribution < -0.4 is 14.8 Å². The lowest BCUT2D eigenvalue weighted by Gasteiger charge is -2.15. The number of esters is 1. The number of halogens is 2. The van der Waals surface area contributed by atoms with Gasteiger partial charge in [-0.05, 0) is 42.3 Å². The maximum atomic E-state index is 12.9. The summed E-state index contributed by atoms with van der Waals surface area (Å²) in [5.74, 6) is -0.819. The van der Waals surface area contributed by atoms with Gasteiger partial charge in [-0.15, -0.1) is 0 Å². The van der Waals surface area contributed by atoms with Gasteiger partial charge in [0.1, 0.15) is 5.82 Å². The van der Waals surface area contributed by atoms with Crippen LogP contribution in [-0.4, -0.2) is 32.2 Å². The lowest BCUT2D eigenvalue weighted by atomic mass is 10.2. The normalized spacial score (nSPS) is 10.5. The third kappa shape index (κ3) is 6.13. The van der Waals surface area contributed by atoms with Gasteiger partial charge < -0.3 is 19.5 Å². The van der Waals surface area contributed by atoms with Crippen molar-refractivity contribution in [3.05, 3.63) is 52.8 Å². The molecule has 6 nitrogen and oxygen atoms in total. The molecule has 0 spiro atoms. The number of carbonyl (C=O) groups excluding carboxylic acids is 2. The van der Waals surface area contributed by atoms with Crippen molar-refractivity contribution < 1.29 is 28.2 Å². The van der Waals surface area contributed by atoms with E-state index in [2.05, 4.69) is 5.32 Å². The lowest BCUT2D eigenvalue weighted by Crippen LogP contribution is -2.21. The molecule has 2 aromatic carbocycles. The molecule has 0 radical (unpaired) electrons. The smallest absolute Gasteiger partial charge is 0.338 e. The summed E-state index contributed by atoms with van der Waals surface area (Å²) >= 11 is 6.20. The van der Waals surface area contributed by atoms with Crippen LogP contribution in [-0.2, 0) is 9.53 Å². The molecule has 0 atom stereocenters. The van der Waals surface area contributed by atoms with E-state index in [1.54, 1.807) is 0 Å². The van der Waals surface area contributed by atoms with Crippen LogP contribution in [0.5, 0.6) is 11.5 Å². The monoisotopic (exact) mass is 409 g/mol. The number of methoxy groups -OCH3 is 1. The van der Waals surface area contributed by atoms with Crippen molar-refractivity contribution >= 4 is 29.2 Å². The fraction of sp³-hybridized carbons (Fsp3) is 0.300. The Morgan fingerprint density at radius 1 is 1.18 bits per heavy atom. The minimum Gasteiger partial charge on any atom is -0.493 e. The van der Waals surface area contributed by atoms with Crippen LogP contribution in [0.1, 0.15) is 24.2 Å². The van der Waals surface area contributed by atoms with E-state index in [0.29, 0.717) is 18.0 Å². The fourth-order valence-corrected chi connectivity index (χ4v) is 2.44. The molecular weight excluding hydrogens is 389 g/mol. The summed E-state index contributed by atoms with van der Waals surface area (Å²) in [6.45, 7) is 3.90. The quantitative estimate of drug-likeness (QED) is 0.657. The summed E-state index contributed by atoms with van der Waals surface area (Å²) in [5, 5.41) is 2.69. The standard InChI is InChI=1S/C20H21ClFNO5/c1-12(2)10-27-19-16(21)8-13(9-17(19)26-3)20(25)28-11-18(24)23-15-6-4-14(22)5-7-15/h4-9,12H,10-11H2,1-3H3,(H,23,24). The molecule has 0 aliphatic rings. The predicted octanol–water partition coefficient (Wildman–Crippen LogP) is 4.32. The van der Waals surface area contributed by atoms with Crippen molar-refractivity contribution in [1.82, 2.24) is 0 Å². The van der Waals surface area contributed by atoms with Gasteiger partial charge >= 0.3 is 5.97 Å². The number of rotatable bonds is 8. The van der Waals surface area contributed by atoms with E-state index < -0.39 is 24.3 Å². The van der Waals surface area contributed by atoms with E-state index in [-0.39, 0.29) is 22.3 Å². The molecule has 0 unspecified atom stereocenters. The van der Waals surface area contributed by atoms with E-state index in [4.69, 9.17) is 25.8 Å². The number of carbonyl (C=O) groups is 2. The summed E-state index contributed by atoms with van der Waals surface area (Å²) in [6, 6.07) is 8.03. The number of hydrogen-bond acceptors (Lipinski definition) is 5. The Morgan fingerprint density at radius 2 is 1.86 bits per heavy atom. The van der Waals surface area contributed by atoms with Crippen molar-refractivity contribution in [3.8, 4) is 11.5 Å². The Balaban J connectivity index is 2.00. The van der Waals surface area contributed by atoms with E-state index in [0.717, 1.165) is 0 Å². The van der Waals surface area contributed by atoms with Crippen LogP contribution in [0, 0.1) is 11.7 Å². The second-order valence-electron chi connectivity index (χ2n) is 6.33. The first-order valence-corrected chi connectivity index (χ1v) is 8.90. The molecule has 1 amide bonds. The van der Waals surface area contributed by atoms with Gasteiger partial charge in [0.15, 0.2) is 18.1 Å². The Morgan fingerprint density at radius 3 is 2.46 bits per heavy atom. The number of benzene rings is 2. The maximum Gasteiger partial charge on any atom is 0.338 e. The van der Waals surface area contributed by atoms with E-state index in [1.807, 2.05) is 13.8 Å². The van der Waals surface area contributed by atoms with Crippen LogP contribution >= 0.6 is 11.6 Å². The van der Waals surface area contributed by atoms with Gasteiger partial charge in [-0.3, -0.25) is 4.79 Å². The predicted molar refractivity (Wildman–Crippen MR) is 104 cm³/mol. The van der Waals surface area contributed by atoms with Crippen molar-refractivity contribution in [2.45, 2.75) is 13.8 Å². The average molecular weight is 410 g/mol. The van der Waals surface area contributed by atoms with Crippen LogP contribution in [0.2, 0.25) is 5.02 Å². The molecule has 8 heteroatoms. The molecule has 0 saturated heterocycles. The minimum absolute atomic E-state index is 0.119. The molecule has 0 aliphatic carbocycles. The summed E-state index contributed by atoms with van der Waals surface area (Å²) in [6.07, 6.45) is 0. The summed E-state index contributed by atoms with van der Waals surface area (Å²) in [7, 11) is 1.43. The third-order valence-electron chi connectivity index (χ3n) is 3.49. The highest BCUT2D eigenvalue weighted by molar-refractivity contribution is 6.32. The van der Waals surface area contributed by atoms with Gasteiger partial charge in [0.25, 0.3) is 5.91 Å². The molecule has 1 N–H and O–H groups in total. The average Bonchev–Trinajstić information content (AvgIpc) is 2.66. The van der Waals surface area contributed by atoms with Crippen LogP contribution in [0.15, 0.2) is 36.4 Å². The zero-order valence-electron chi connectivity index (χ0n) is 15.8. The molecule has 28 heavy (non-hydrogen) atoms. The fourth-order valence-electron chi connectivity index (χ4n) is 2.17. The first-order chi connectivity index (χ1) is 13.3. The van der Waals surface area contributed by atoms with Crippen molar-refractivity contribution in [1.29, 1.82) is 0 Å². The third-order valence-corrected chi connectivity index (χ3v) is 3.77. The number of anilines is 1. The van der Waals surface area contributed by atoms with Crippen molar-refractivity contribution in [2.24, 2.45) is 5.92 Å². The van der Waals surface area contributed by atoms with Crippen LogP contribution in [0.25, 0.3) is 0 Å². The summed E-state index contributed by atoms with van der Waals surface area (Å²) < 4.78 is 28.7. The van der Waals surface area contributed by atoms with Crippen molar-refractivity contribution in [2.75, 3.05) is 25.6 Å². The Labute approximate surface area is 167 Å². The number of ether oxygens (including phenoxy) is 3. The number of amides is 1. The topological polar surface area (TPSA) is 73.9 Å². The second-order valence-corrected chi connectivity index (χ2v) is 6.73. The molecule has 0 saturated carbocycles. The molecular formula is C20H21ClFNO5. The van der Waals surface area contributed by atoms with E-state index >= 15 is 0 Å².